The van der Waals surface area contributed by atoms with Crippen molar-refractivity contribution in [3.05, 3.63) is 17.6 Å². The lowest BCUT2D eigenvalue weighted by molar-refractivity contribution is 0.797. The summed E-state index contributed by atoms with van der Waals surface area (Å²) in [5, 5.41) is 4.22. The first-order valence-electron chi connectivity index (χ1n) is 7.92. The fraction of sp³-hybridized carbons (Fsp3) is 0.750. The first-order valence-corrected chi connectivity index (χ1v) is 8.97. The zero-order valence-electron chi connectivity index (χ0n) is 13.0. The molecule has 0 atom stereocenters. The van der Waals surface area contributed by atoms with Crippen LogP contribution in [0, 0.1) is 0 Å². The number of thioether (sulfide) groups is 1. The Labute approximate surface area is 127 Å². The molecule has 1 heterocycles. The van der Waals surface area contributed by atoms with Crippen LogP contribution in [0.2, 0.25) is 0 Å². The van der Waals surface area contributed by atoms with Crippen molar-refractivity contribution in [3.63, 3.8) is 0 Å². The number of hydrogen-bond acceptors (Lipinski definition) is 4. The number of nitrogens with zero attached hydrogens (tertiary/aromatic N) is 2. The van der Waals surface area contributed by atoms with Crippen molar-refractivity contribution in [2.24, 2.45) is 0 Å². The summed E-state index contributed by atoms with van der Waals surface area (Å²) in [6.07, 6.45) is 6.65. The maximum Gasteiger partial charge on any atom is 0.140 e. The normalized spacial score (nSPS) is 16.0. The molecule has 1 aliphatic rings. The molecule has 0 aromatic carbocycles. The molecule has 0 amide bonds. The summed E-state index contributed by atoms with van der Waals surface area (Å²) >= 11 is 2.04. The fourth-order valence-electron chi connectivity index (χ4n) is 2.47. The van der Waals surface area contributed by atoms with E-state index in [0.29, 0.717) is 5.92 Å². The maximum atomic E-state index is 4.73. The third-order valence-electron chi connectivity index (χ3n) is 3.69. The summed E-state index contributed by atoms with van der Waals surface area (Å²) in [6, 6.07) is 2.10. The van der Waals surface area contributed by atoms with Crippen LogP contribution in [0.15, 0.2) is 6.07 Å². The fourth-order valence-corrected chi connectivity index (χ4v) is 3.65. The SMILES string of the molecule is CCCNc1cc(C(C)C)nc(CSC2CCCC2)n1. The molecule has 20 heavy (non-hydrogen) atoms. The van der Waals surface area contributed by atoms with E-state index in [0.717, 1.165) is 41.3 Å². The molecule has 1 N–H and O–H groups in total. The molecule has 3 nitrogen and oxygen atoms in total. The standard InChI is InChI=1S/C16H27N3S/c1-4-9-17-15-10-14(12(2)3)18-16(19-15)11-20-13-7-5-6-8-13/h10,12-13H,4-9,11H2,1-3H3,(H,17,18,19). The van der Waals surface area contributed by atoms with Crippen LogP contribution in [0.3, 0.4) is 0 Å². The monoisotopic (exact) mass is 293 g/mol. The summed E-state index contributed by atoms with van der Waals surface area (Å²) < 4.78 is 0. The number of hydrogen-bond donors (Lipinski definition) is 1. The number of aromatic nitrogens is 2. The summed E-state index contributed by atoms with van der Waals surface area (Å²) in [5.74, 6) is 3.39. The highest BCUT2D eigenvalue weighted by Gasteiger charge is 2.16. The van der Waals surface area contributed by atoms with Crippen LogP contribution >= 0.6 is 11.8 Å². The molecule has 1 fully saturated rings. The Morgan fingerprint density at radius 2 is 2.05 bits per heavy atom. The van der Waals surface area contributed by atoms with Gasteiger partial charge in [-0.05, 0) is 25.2 Å². The molecule has 1 aromatic heterocycles. The number of nitrogens with one attached hydrogen (secondary N) is 1. The van der Waals surface area contributed by atoms with Gasteiger partial charge in [0.1, 0.15) is 11.6 Å². The average Bonchev–Trinajstić information content (AvgIpc) is 2.96. The first-order chi connectivity index (χ1) is 9.69. The van der Waals surface area contributed by atoms with Crippen LogP contribution in [0.1, 0.15) is 70.3 Å². The van der Waals surface area contributed by atoms with E-state index in [1.807, 2.05) is 11.8 Å². The van der Waals surface area contributed by atoms with Gasteiger partial charge in [-0.15, -0.1) is 0 Å². The predicted octanol–water partition coefficient (Wildman–Crippen LogP) is 4.60. The van der Waals surface area contributed by atoms with Crippen molar-refractivity contribution in [3.8, 4) is 0 Å². The Bertz CT molecular complexity index is 414. The van der Waals surface area contributed by atoms with Crippen molar-refractivity contribution in [1.82, 2.24) is 9.97 Å². The van der Waals surface area contributed by atoms with Crippen LogP contribution in [0.4, 0.5) is 5.82 Å². The minimum absolute atomic E-state index is 0.454. The zero-order chi connectivity index (χ0) is 14.4. The molecule has 4 heteroatoms. The van der Waals surface area contributed by atoms with Gasteiger partial charge >= 0.3 is 0 Å². The second-order valence-corrected chi connectivity index (χ2v) is 7.18. The highest BCUT2D eigenvalue weighted by molar-refractivity contribution is 7.99. The van der Waals surface area contributed by atoms with Gasteiger partial charge in [-0.2, -0.15) is 11.8 Å². The molecule has 1 saturated carbocycles. The molecule has 0 spiro atoms. The highest BCUT2D eigenvalue weighted by Crippen LogP contribution is 2.31. The molecule has 0 bridgehead atoms. The van der Waals surface area contributed by atoms with E-state index in [1.165, 1.54) is 25.7 Å². The van der Waals surface area contributed by atoms with Crippen LogP contribution in [0.5, 0.6) is 0 Å². The van der Waals surface area contributed by atoms with Gasteiger partial charge in [-0.3, -0.25) is 0 Å². The van der Waals surface area contributed by atoms with Gasteiger partial charge in [0.2, 0.25) is 0 Å². The number of rotatable bonds is 7. The lowest BCUT2D eigenvalue weighted by Crippen LogP contribution is -2.08. The molecule has 0 aliphatic heterocycles. The second kappa shape index (κ2) is 7.87. The average molecular weight is 293 g/mol. The van der Waals surface area contributed by atoms with E-state index in [4.69, 9.17) is 4.98 Å². The molecule has 1 aliphatic carbocycles. The van der Waals surface area contributed by atoms with Gasteiger partial charge in [0, 0.05) is 23.6 Å². The van der Waals surface area contributed by atoms with E-state index in [2.05, 4.69) is 37.1 Å². The Hall–Kier alpha value is -0.770. The Kier molecular flexibility index (Phi) is 6.14. The first kappa shape index (κ1) is 15.6. The van der Waals surface area contributed by atoms with Gasteiger partial charge < -0.3 is 5.32 Å². The van der Waals surface area contributed by atoms with Crippen molar-refractivity contribution >= 4 is 17.6 Å². The molecule has 112 valence electrons. The zero-order valence-corrected chi connectivity index (χ0v) is 13.8. The minimum atomic E-state index is 0.454. The van der Waals surface area contributed by atoms with Gasteiger partial charge in [0.25, 0.3) is 0 Å². The summed E-state index contributed by atoms with van der Waals surface area (Å²) in [6.45, 7) is 7.54. The molecular formula is C16H27N3S. The summed E-state index contributed by atoms with van der Waals surface area (Å²) in [7, 11) is 0. The smallest absolute Gasteiger partial charge is 0.140 e. The largest absolute Gasteiger partial charge is 0.370 e. The third-order valence-corrected chi connectivity index (χ3v) is 5.06. The number of anilines is 1. The molecule has 0 saturated heterocycles. The van der Waals surface area contributed by atoms with Crippen LogP contribution in [0.25, 0.3) is 0 Å². The van der Waals surface area contributed by atoms with Gasteiger partial charge in [0.05, 0.1) is 5.75 Å². The van der Waals surface area contributed by atoms with E-state index >= 15 is 0 Å². The maximum absolute atomic E-state index is 4.73. The lowest BCUT2D eigenvalue weighted by atomic mass is 10.1. The van der Waals surface area contributed by atoms with Crippen LogP contribution in [-0.2, 0) is 5.75 Å². The van der Waals surface area contributed by atoms with Crippen LogP contribution < -0.4 is 5.32 Å². The highest BCUT2D eigenvalue weighted by atomic mass is 32.2. The van der Waals surface area contributed by atoms with Crippen molar-refractivity contribution < 1.29 is 0 Å². The van der Waals surface area contributed by atoms with E-state index in [-0.39, 0.29) is 0 Å². The summed E-state index contributed by atoms with van der Waals surface area (Å²) in [4.78, 5) is 9.40. The Morgan fingerprint density at radius 3 is 2.70 bits per heavy atom. The Morgan fingerprint density at radius 1 is 1.30 bits per heavy atom. The second-order valence-electron chi connectivity index (χ2n) is 5.89. The molecule has 1 aromatic rings. The van der Waals surface area contributed by atoms with E-state index < -0.39 is 0 Å². The van der Waals surface area contributed by atoms with Crippen molar-refractivity contribution in [1.29, 1.82) is 0 Å². The van der Waals surface area contributed by atoms with Gasteiger partial charge in [-0.25, -0.2) is 9.97 Å². The molecule has 0 unspecified atom stereocenters. The van der Waals surface area contributed by atoms with Crippen LogP contribution in [-0.4, -0.2) is 21.8 Å². The third kappa shape index (κ3) is 4.65. The topological polar surface area (TPSA) is 37.8 Å². The summed E-state index contributed by atoms with van der Waals surface area (Å²) in [5.41, 5.74) is 1.15. The quantitative estimate of drug-likeness (QED) is 0.797. The Balaban J connectivity index is 2.02. The van der Waals surface area contributed by atoms with Crippen molar-refractivity contribution in [2.45, 2.75) is 69.8 Å². The van der Waals surface area contributed by atoms with E-state index in [1.54, 1.807) is 0 Å². The predicted molar refractivity (Wildman–Crippen MR) is 88.5 cm³/mol. The minimum Gasteiger partial charge on any atom is -0.370 e. The van der Waals surface area contributed by atoms with Gasteiger partial charge in [0.15, 0.2) is 0 Å². The lowest BCUT2D eigenvalue weighted by Gasteiger charge is -2.13. The molecular weight excluding hydrogens is 266 g/mol. The van der Waals surface area contributed by atoms with Crippen molar-refractivity contribution in [2.75, 3.05) is 11.9 Å². The van der Waals surface area contributed by atoms with E-state index in [9.17, 15) is 0 Å². The molecule has 0 radical (unpaired) electrons. The van der Waals surface area contributed by atoms with Gasteiger partial charge in [-0.1, -0.05) is 33.6 Å². The molecule has 2 rings (SSSR count).